The molecular formula is C17H24BrNO. The minimum Gasteiger partial charge on any atom is -0.346 e. The summed E-state index contributed by atoms with van der Waals surface area (Å²) in [5.74, 6) is 0.414. The Kier molecular flexibility index (Phi) is 5.64. The molecule has 1 atom stereocenters. The van der Waals surface area contributed by atoms with E-state index in [0.29, 0.717) is 0 Å². The molecular weight excluding hydrogens is 314 g/mol. The van der Waals surface area contributed by atoms with E-state index in [1.54, 1.807) is 0 Å². The number of amides is 1. The Morgan fingerprint density at radius 1 is 1.20 bits per heavy atom. The Hall–Kier alpha value is -0.830. The molecule has 0 aromatic heterocycles. The van der Waals surface area contributed by atoms with E-state index in [1.165, 1.54) is 25.7 Å². The number of halogens is 1. The van der Waals surface area contributed by atoms with Gasteiger partial charge in [0.25, 0.3) is 0 Å². The molecule has 1 aliphatic rings. The quantitative estimate of drug-likeness (QED) is 0.640. The van der Waals surface area contributed by atoms with Gasteiger partial charge in [-0.2, -0.15) is 0 Å². The summed E-state index contributed by atoms with van der Waals surface area (Å²) in [5.41, 5.74) is 0.823. The van der Waals surface area contributed by atoms with Crippen LogP contribution < -0.4 is 5.32 Å². The van der Waals surface area contributed by atoms with Gasteiger partial charge in [-0.3, -0.25) is 4.79 Å². The Bertz CT molecular complexity index is 426. The van der Waals surface area contributed by atoms with Gasteiger partial charge in [0.2, 0.25) is 5.91 Å². The smallest absolute Gasteiger partial charge is 0.223 e. The van der Waals surface area contributed by atoms with Gasteiger partial charge in [0.15, 0.2) is 0 Å². The molecule has 0 heterocycles. The third-order valence-electron chi connectivity index (χ3n) is 4.30. The summed E-state index contributed by atoms with van der Waals surface area (Å²) >= 11 is 3.56. The molecule has 0 aliphatic heterocycles. The van der Waals surface area contributed by atoms with Crippen LogP contribution in [0.1, 0.15) is 51.0 Å². The molecule has 1 aliphatic carbocycles. The molecule has 1 amide bonds. The fraction of sp³-hybridized carbons (Fsp3) is 0.588. The van der Waals surface area contributed by atoms with Gasteiger partial charge in [-0.05, 0) is 25.3 Å². The zero-order valence-corrected chi connectivity index (χ0v) is 13.8. The van der Waals surface area contributed by atoms with E-state index in [2.05, 4.69) is 40.3 Å². The average molecular weight is 338 g/mol. The SMILES string of the molecule is CC(CBr)(NC(=O)C1CCCCCC1)c1ccccc1. The van der Waals surface area contributed by atoms with Crippen molar-refractivity contribution in [3.05, 3.63) is 35.9 Å². The first-order chi connectivity index (χ1) is 9.65. The van der Waals surface area contributed by atoms with Crippen LogP contribution in [-0.2, 0) is 10.3 Å². The highest BCUT2D eigenvalue weighted by molar-refractivity contribution is 9.09. The molecule has 0 saturated heterocycles. The lowest BCUT2D eigenvalue weighted by Gasteiger charge is -2.31. The van der Waals surface area contributed by atoms with Crippen LogP contribution in [0.3, 0.4) is 0 Å². The van der Waals surface area contributed by atoms with E-state index >= 15 is 0 Å². The van der Waals surface area contributed by atoms with Crippen molar-refractivity contribution in [3.63, 3.8) is 0 Å². The van der Waals surface area contributed by atoms with E-state index in [1.807, 2.05) is 18.2 Å². The highest BCUT2D eigenvalue weighted by Crippen LogP contribution is 2.27. The number of carbonyl (C=O) groups excluding carboxylic acids is 1. The van der Waals surface area contributed by atoms with E-state index in [0.717, 1.165) is 23.7 Å². The van der Waals surface area contributed by atoms with Gasteiger partial charge < -0.3 is 5.32 Å². The molecule has 1 aromatic carbocycles. The summed E-state index contributed by atoms with van der Waals surface area (Å²) < 4.78 is 0. The summed E-state index contributed by atoms with van der Waals surface area (Å²) in [6, 6.07) is 10.2. The molecule has 0 bridgehead atoms. The molecule has 0 radical (unpaired) electrons. The first kappa shape index (κ1) is 15.6. The van der Waals surface area contributed by atoms with Gasteiger partial charge in [-0.15, -0.1) is 0 Å². The van der Waals surface area contributed by atoms with Crippen LogP contribution in [-0.4, -0.2) is 11.2 Å². The standard InChI is InChI=1S/C17H24BrNO/c1-17(13-18,15-11-7-4-8-12-15)19-16(20)14-9-5-2-3-6-10-14/h4,7-8,11-12,14H,2-3,5-6,9-10,13H2,1H3,(H,19,20). The molecule has 1 saturated carbocycles. The molecule has 20 heavy (non-hydrogen) atoms. The maximum atomic E-state index is 12.6. The molecule has 0 spiro atoms. The topological polar surface area (TPSA) is 29.1 Å². The first-order valence-corrected chi connectivity index (χ1v) is 8.71. The van der Waals surface area contributed by atoms with Gasteiger partial charge >= 0.3 is 0 Å². The predicted octanol–water partition coefficient (Wildman–Crippen LogP) is 4.38. The van der Waals surface area contributed by atoms with Crippen molar-refractivity contribution in [2.45, 2.75) is 51.0 Å². The van der Waals surface area contributed by atoms with Crippen molar-refractivity contribution in [1.82, 2.24) is 5.32 Å². The van der Waals surface area contributed by atoms with Crippen LogP contribution in [0.5, 0.6) is 0 Å². The molecule has 1 fully saturated rings. The number of rotatable bonds is 4. The summed E-state index contributed by atoms with van der Waals surface area (Å²) in [5, 5.41) is 4.00. The van der Waals surface area contributed by atoms with Crippen molar-refractivity contribution in [2.24, 2.45) is 5.92 Å². The number of hydrogen-bond donors (Lipinski definition) is 1. The van der Waals surface area contributed by atoms with Crippen LogP contribution in [0, 0.1) is 5.92 Å². The summed E-state index contributed by atoms with van der Waals surface area (Å²) in [7, 11) is 0. The lowest BCUT2D eigenvalue weighted by atomic mass is 9.92. The lowest BCUT2D eigenvalue weighted by Crippen LogP contribution is -2.47. The first-order valence-electron chi connectivity index (χ1n) is 7.59. The van der Waals surface area contributed by atoms with Gasteiger partial charge in [0.05, 0.1) is 5.54 Å². The van der Waals surface area contributed by atoms with E-state index in [-0.39, 0.29) is 17.4 Å². The Labute approximate surface area is 130 Å². The minimum absolute atomic E-state index is 0.194. The maximum Gasteiger partial charge on any atom is 0.223 e. The van der Waals surface area contributed by atoms with Gasteiger partial charge in [-0.1, -0.05) is 71.9 Å². The fourth-order valence-electron chi connectivity index (χ4n) is 2.90. The van der Waals surface area contributed by atoms with Crippen molar-refractivity contribution >= 4 is 21.8 Å². The largest absolute Gasteiger partial charge is 0.346 e. The maximum absolute atomic E-state index is 12.6. The minimum atomic E-state index is -0.329. The van der Waals surface area contributed by atoms with Crippen molar-refractivity contribution in [3.8, 4) is 0 Å². The number of benzene rings is 1. The monoisotopic (exact) mass is 337 g/mol. The van der Waals surface area contributed by atoms with Crippen LogP contribution >= 0.6 is 15.9 Å². The van der Waals surface area contributed by atoms with E-state index < -0.39 is 0 Å². The average Bonchev–Trinajstić information content (AvgIpc) is 2.77. The molecule has 1 unspecified atom stereocenters. The van der Waals surface area contributed by atoms with Crippen LogP contribution in [0.25, 0.3) is 0 Å². The molecule has 1 aromatic rings. The van der Waals surface area contributed by atoms with Gasteiger partial charge in [0.1, 0.15) is 0 Å². The van der Waals surface area contributed by atoms with Crippen LogP contribution in [0.15, 0.2) is 30.3 Å². The van der Waals surface area contributed by atoms with Crippen LogP contribution in [0.4, 0.5) is 0 Å². The zero-order chi connectivity index (χ0) is 14.4. The number of nitrogens with one attached hydrogen (secondary N) is 1. The fourth-order valence-corrected chi connectivity index (χ4v) is 3.37. The molecule has 2 nitrogen and oxygen atoms in total. The number of alkyl halides is 1. The number of hydrogen-bond acceptors (Lipinski definition) is 1. The van der Waals surface area contributed by atoms with Crippen molar-refractivity contribution in [1.29, 1.82) is 0 Å². The highest BCUT2D eigenvalue weighted by Gasteiger charge is 2.30. The Balaban J connectivity index is 2.07. The van der Waals surface area contributed by atoms with Gasteiger partial charge in [-0.25, -0.2) is 0 Å². The summed E-state index contributed by atoms with van der Waals surface area (Å²) in [4.78, 5) is 12.6. The van der Waals surface area contributed by atoms with E-state index in [4.69, 9.17) is 0 Å². The lowest BCUT2D eigenvalue weighted by molar-refractivity contribution is -0.127. The zero-order valence-electron chi connectivity index (χ0n) is 12.2. The second-order valence-corrected chi connectivity index (χ2v) is 6.57. The molecule has 1 N–H and O–H groups in total. The van der Waals surface area contributed by atoms with Crippen LogP contribution in [0.2, 0.25) is 0 Å². The third-order valence-corrected chi connectivity index (χ3v) is 5.42. The second-order valence-electron chi connectivity index (χ2n) is 6.01. The van der Waals surface area contributed by atoms with Crippen molar-refractivity contribution in [2.75, 3.05) is 5.33 Å². The highest BCUT2D eigenvalue weighted by atomic mass is 79.9. The molecule has 3 heteroatoms. The van der Waals surface area contributed by atoms with Gasteiger partial charge in [0, 0.05) is 11.2 Å². The second kappa shape index (κ2) is 7.26. The Morgan fingerprint density at radius 3 is 2.35 bits per heavy atom. The Morgan fingerprint density at radius 2 is 1.80 bits per heavy atom. The van der Waals surface area contributed by atoms with Crippen molar-refractivity contribution < 1.29 is 4.79 Å². The summed E-state index contributed by atoms with van der Waals surface area (Å²) in [6.45, 7) is 2.09. The third kappa shape index (κ3) is 3.85. The number of carbonyl (C=O) groups is 1. The van der Waals surface area contributed by atoms with E-state index in [9.17, 15) is 4.79 Å². The normalized spacial score (nSPS) is 19.9. The molecule has 2 rings (SSSR count). The summed E-state index contributed by atoms with van der Waals surface area (Å²) in [6.07, 6.45) is 7.01. The predicted molar refractivity (Wildman–Crippen MR) is 86.9 cm³/mol. The molecule has 110 valence electrons.